The molecule has 6 N–H and O–H groups in total. The topological polar surface area (TPSA) is 165 Å². The molecule has 34 heavy (non-hydrogen) atoms. The molecule has 180 valence electrons. The number of nitrogens with one attached hydrogen (secondary N) is 1. The Labute approximate surface area is 200 Å². The summed E-state index contributed by atoms with van der Waals surface area (Å²) in [5, 5.41) is 12.7. The molecule has 0 aliphatic rings. The van der Waals surface area contributed by atoms with Gasteiger partial charge in [0, 0.05) is 5.54 Å². The monoisotopic (exact) mass is 485 g/mol. The average Bonchev–Trinajstić information content (AvgIpc) is 3.43. The zero-order valence-corrected chi connectivity index (χ0v) is 19.9. The summed E-state index contributed by atoms with van der Waals surface area (Å²) in [5.41, 5.74) is 10.9. The molecule has 0 aliphatic carbocycles. The SMILES string of the molecule is CCC(C)(C)NC(=O)[C@H](c1ccc(O)cc1)N(Cc1ccco1)C(=O)c1snc(C(N)=O)c1N. The molecule has 1 atom stereocenters. The van der Waals surface area contributed by atoms with Gasteiger partial charge < -0.3 is 31.2 Å². The van der Waals surface area contributed by atoms with Crippen LogP contribution in [0.3, 0.4) is 0 Å². The molecule has 0 radical (unpaired) electrons. The molecule has 2 aromatic heterocycles. The minimum atomic E-state index is -1.11. The molecule has 3 amide bonds. The maximum Gasteiger partial charge on any atom is 0.270 e. The van der Waals surface area contributed by atoms with Crippen molar-refractivity contribution in [2.24, 2.45) is 5.73 Å². The number of benzene rings is 1. The second kappa shape index (κ2) is 9.96. The van der Waals surface area contributed by atoms with Gasteiger partial charge in [-0.15, -0.1) is 0 Å². The van der Waals surface area contributed by atoms with E-state index in [1.165, 1.54) is 23.3 Å². The minimum Gasteiger partial charge on any atom is -0.508 e. The van der Waals surface area contributed by atoms with Crippen LogP contribution in [-0.4, -0.2) is 37.6 Å². The maximum absolute atomic E-state index is 13.7. The summed E-state index contributed by atoms with van der Waals surface area (Å²) in [6.07, 6.45) is 2.11. The molecule has 0 spiro atoms. The highest BCUT2D eigenvalue weighted by molar-refractivity contribution is 7.09. The van der Waals surface area contributed by atoms with Crippen molar-refractivity contribution in [1.29, 1.82) is 0 Å². The number of phenols is 1. The van der Waals surface area contributed by atoms with Crippen LogP contribution in [-0.2, 0) is 11.3 Å². The van der Waals surface area contributed by atoms with Gasteiger partial charge in [0.05, 0.1) is 18.5 Å². The molecule has 1 aromatic carbocycles. The lowest BCUT2D eigenvalue weighted by atomic mass is 9.98. The summed E-state index contributed by atoms with van der Waals surface area (Å²) in [6.45, 7) is 5.61. The Bertz CT molecular complexity index is 1170. The van der Waals surface area contributed by atoms with E-state index in [-0.39, 0.29) is 28.6 Å². The highest BCUT2D eigenvalue weighted by Crippen LogP contribution is 2.31. The normalized spacial score (nSPS) is 12.2. The number of hydrogen-bond acceptors (Lipinski definition) is 8. The van der Waals surface area contributed by atoms with E-state index in [1.807, 2.05) is 20.8 Å². The van der Waals surface area contributed by atoms with E-state index in [2.05, 4.69) is 9.69 Å². The van der Waals surface area contributed by atoms with E-state index in [0.717, 1.165) is 11.5 Å². The molecule has 2 heterocycles. The lowest BCUT2D eigenvalue weighted by molar-refractivity contribution is -0.127. The fourth-order valence-electron chi connectivity index (χ4n) is 3.23. The molecular formula is C23H27N5O5S. The van der Waals surface area contributed by atoms with Crippen LogP contribution in [0.1, 0.15) is 64.7 Å². The number of rotatable bonds is 9. The molecule has 0 bridgehead atoms. The second-order valence-electron chi connectivity index (χ2n) is 8.37. The third-order valence-corrected chi connectivity index (χ3v) is 6.29. The lowest BCUT2D eigenvalue weighted by Crippen LogP contribution is -2.50. The first-order chi connectivity index (χ1) is 16.0. The number of nitrogens with zero attached hydrogens (tertiary/aromatic N) is 2. The Morgan fingerprint density at radius 2 is 1.91 bits per heavy atom. The van der Waals surface area contributed by atoms with Crippen molar-refractivity contribution in [3.8, 4) is 5.75 Å². The van der Waals surface area contributed by atoms with Crippen molar-refractivity contribution < 1.29 is 23.9 Å². The summed E-state index contributed by atoms with van der Waals surface area (Å²) in [7, 11) is 0. The van der Waals surface area contributed by atoms with Crippen LogP contribution in [0.5, 0.6) is 5.75 Å². The van der Waals surface area contributed by atoms with Crippen LogP contribution in [0.4, 0.5) is 5.69 Å². The molecular weight excluding hydrogens is 458 g/mol. The highest BCUT2D eigenvalue weighted by atomic mass is 32.1. The van der Waals surface area contributed by atoms with Gasteiger partial charge in [-0.1, -0.05) is 19.1 Å². The van der Waals surface area contributed by atoms with Crippen LogP contribution in [0.2, 0.25) is 0 Å². The second-order valence-corrected chi connectivity index (χ2v) is 9.14. The number of furan rings is 1. The van der Waals surface area contributed by atoms with Gasteiger partial charge in [-0.3, -0.25) is 14.4 Å². The predicted octanol–water partition coefficient (Wildman–Crippen LogP) is 2.81. The van der Waals surface area contributed by atoms with Crippen molar-refractivity contribution in [2.75, 3.05) is 5.73 Å². The van der Waals surface area contributed by atoms with E-state index in [1.54, 1.807) is 24.3 Å². The molecule has 3 rings (SSSR count). The number of aromatic nitrogens is 1. The Hall–Kier alpha value is -3.86. The first kappa shape index (κ1) is 24.8. The fourth-order valence-corrected chi connectivity index (χ4v) is 3.99. The number of nitrogen functional groups attached to an aromatic ring is 1. The molecule has 0 saturated carbocycles. The maximum atomic E-state index is 13.7. The number of aromatic hydroxyl groups is 1. The minimum absolute atomic E-state index is 0.0125. The van der Waals surface area contributed by atoms with Gasteiger partial charge in [-0.2, -0.15) is 4.37 Å². The summed E-state index contributed by atoms with van der Waals surface area (Å²) in [6, 6.07) is 8.22. The van der Waals surface area contributed by atoms with E-state index in [9.17, 15) is 19.5 Å². The summed E-state index contributed by atoms with van der Waals surface area (Å²) in [4.78, 5) is 40.2. The average molecular weight is 486 g/mol. The quantitative estimate of drug-likeness (QED) is 0.362. The van der Waals surface area contributed by atoms with Crippen molar-refractivity contribution in [3.63, 3.8) is 0 Å². The Kier molecular flexibility index (Phi) is 7.26. The summed E-state index contributed by atoms with van der Waals surface area (Å²) >= 11 is 0.729. The van der Waals surface area contributed by atoms with Crippen molar-refractivity contribution in [2.45, 2.75) is 45.3 Å². The molecule has 0 unspecified atom stereocenters. The van der Waals surface area contributed by atoms with Gasteiger partial charge in [0.15, 0.2) is 5.69 Å². The molecule has 11 heteroatoms. The molecule has 0 saturated heterocycles. The zero-order chi connectivity index (χ0) is 25.0. The fraction of sp³-hybridized carbons (Fsp3) is 0.304. The van der Waals surface area contributed by atoms with Gasteiger partial charge in [0.2, 0.25) is 5.91 Å². The number of hydrogen-bond donors (Lipinski definition) is 4. The molecule has 3 aromatic rings. The highest BCUT2D eigenvalue weighted by Gasteiger charge is 2.37. The smallest absolute Gasteiger partial charge is 0.270 e. The Morgan fingerprint density at radius 3 is 2.44 bits per heavy atom. The third kappa shape index (κ3) is 5.37. The van der Waals surface area contributed by atoms with Gasteiger partial charge >= 0.3 is 0 Å². The number of carbonyl (C=O) groups excluding carboxylic acids is 3. The van der Waals surface area contributed by atoms with Crippen LogP contribution in [0, 0.1) is 0 Å². The third-order valence-electron chi connectivity index (χ3n) is 5.44. The van der Waals surface area contributed by atoms with Crippen molar-refractivity contribution >= 4 is 34.9 Å². The first-order valence-corrected chi connectivity index (χ1v) is 11.3. The van der Waals surface area contributed by atoms with E-state index in [0.29, 0.717) is 17.7 Å². The number of carbonyl (C=O) groups is 3. The van der Waals surface area contributed by atoms with Crippen LogP contribution >= 0.6 is 11.5 Å². The first-order valence-electron chi connectivity index (χ1n) is 10.5. The van der Waals surface area contributed by atoms with Crippen molar-refractivity contribution in [1.82, 2.24) is 14.6 Å². The van der Waals surface area contributed by atoms with Gasteiger partial charge in [-0.05, 0) is 61.6 Å². The van der Waals surface area contributed by atoms with Crippen LogP contribution in [0.15, 0.2) is 47.1 Å². The number of phenolic OH excluding ortho intramolecular Hbond substituents is 1. The number of anilines is 1. The summed E-state index contributed by atoms with van der Waals surface area (Å²) in [5.74, 6) is -1.48. The Balaban J connectivity index is 2.13. The van der Waals surface area contributed by atoms with Gasteiger partial charge in [0.1, 0.15) is 22.4 Å². The summed E-state index contributed by atoms with van der Waals surface area (Å²) < 4.78 is 9.36. The Morgan fingerprint density at radius 1 is 1.24 bits per heavy atom. The van der Waals surface area contributed by atoms with E-state index >= 15 is 0 Å². The van der Waals surface area contributed by atoms with Gasteiger partial charge in [0.25, 0.3) is 11.8 Å². The molecule has 10 nitrogen and oxygen atoms in total. The lowest BCUT2D eigenvalue weighted by Gasteiger charge is -2.34. The number of amides is 3. The number of primary amides is 1. The molecule has 0 aliphatic heterocycles. The van der Waals surface area contributed by atoms with Crippen LogP contribution < -0.4 is 16.8 Å². The number of nitrogens with two attached hydrogens (primary N) is 2. The van der Waals surface area contributed by atoms with E-state index < -0.39 is 29.3 Å². The largest absolute Gasteiger partial charge is 0.508 e. The van der Waals surface area contributed by atoms with E-state index in [4.69, 9.17) is 15.9 Å². The van der Waals surface area contributed by atoms with Crippen LogP contribution in [0.25, 0.3) is 0 Å². The molecule has 0 fully saturated rings. The van der Waals surface area contributed by atoms with Crippen molar-refractivity contribution in [3.05, 3.63) is 64.6 Å². The standard InChI is InChI=1S/C23H27N5O5S/c1-4-23(2,3)26-21(31)18(13-7-9-14(29)10-8-13)28(12-15-6-5-11-33-15)22(32)19-16(24)17(20(25)30)27-34-19/h5-11,18,29H,4,12,24H2,1-3H3,(H2,25,30)(H,26,31)/t18-/m0/s1. The zero-order valence-electron chi connectivity index (χ0n) is 19.1. The van der Waals surface area contributed by atoms with Gasteiger partial charge in [-0.25, -0.2) is 0 Å². The predicted molar refractivity (Wildman–Crippen MR) is 127 cm³/mol.